The molecule has 0 bridgehead atoms. The van der Waals surface area contributed by atoms with Crippen LogP contribution in [0, 0.1) is 0 Å². The summed E-state index contributed by atoms with van der Waals surface area (Å²) >= 11 is 1.77. The number of thioether (sulfide) groups is 1. The van der Waals surface area contributed by atoms with E-state index in [0.717, 1.165) is 34.9 Å². The molecule has 1 aliphatic heterocycles. The first-order valence-electron chi connectivity index (χ1n) is 7.90. The summed E-state index contributed by atoms with van der Waals surface area (Å²) in [5.41, 5.74) is 2.06. The van der Waals surface area contributed by atoms with Gasteiger partial charge in [0, 0.05) is 23.9 Å². The molecule has 3 rings (SSSR count). The molecule has 0 aliphatic carbocycles. The maximum atomic E-state index is 12.8. The van der Waals surface area contributed by atoms with Crippen molar-refractivity contribution in [1.29, 1.82) is 0 Å². The fraction of sp³-hybridized carbons (Fsp3) is 0.316. The highest BCUT2D eigenvalue weighted by molar-refractivity contribution is 7.99. The van der Waals surface area contributed by atoms with E-state index in [2.05, 4.69) is 0 Å². The zero-order valence-corrected chi connectivity index (χ0v) is 14.7. The lowest BCUT2D eigenvalue weighted by Gasteiger charge is -2.25. The van der Waals surface area contributed by atoms with Crippen LogP contribution in [0.15, 0.2) is 48.5 Å². The summed E-state index contributed by atoms with van der Waals surface area (Å²) in [6.45, 7) is 0.760. The number of ether oxygens (including phenoxy) is 2. The van der Waals surface area contributed by atoms with Crippen molar-refractivity contribution in [2.45, 2.75) is 11.8 Å². The second kappa shape index (κ2) is 7.62. The standard InChI is InChI=1S/C19H21NO3S/c1-22-15-8-9-16(17(13-15)23-2)19-20(10-11-24-19)18(21)12-14-6-4-3-5-7-14/h3-9,13,19H,10-12H2,1-2H3. The third kappa shape index (κ3) is 3.51. The van der Waals surface area contributed by atoms with Gasteiger partial charge in [0.1, 0.15) is 16.9 Å². The molecular formula is C19H21NO3S. The number of amides is 1. The topological polar surface area (TPSA) is 38.8 Å². The number of methoxy groups -OCH3 is 2. The van der Waals surface area contributed by atoms with Crippen molar-refractivity contribution in [3.05, 3.63) is 59.7 Å². The van der Waals surface area contributed by atoms with Gasteiger partial charge in [0.05, 0.1) is 20.6 Å². The van der Waals surface area contributed by atoms with E-state index in [4.69, 9.17) is 9.47 Å². The molecule has 2 aromatic carbocycles. The van der Waals surface area contributed by atoms with Crippen LogP contribution >= 0.6 is 11.8 Å². The average molecular weight is 343 g/mol. The Balaban J connectivity index is 1.81. The summed E-state index contributed by atoms with van der Waals surface area (Å²) in [4.78, 5) is 14.7. The Morgan fingerprint density at radius 3 is 2.67 bits per heavy atom. The first kappa shape index (κ1) is 16.7. The molecule has 1 unspecified atom stereocenters. The molecule has 0 spiro atoms. The Morgan fingerprint density at radius 2 is 1.96 bits per heavy atom. The Kier molecular flexibility index (Phi) is 5.30. The molecular weight excluding hydrogens is 322 g/mol. The first-order valence-corrected chi connectivity index (χ1v) is 8.94. The zero-order chi connectivity index (χ0) is 16.9. The van der Waals surface area contributed by atoms with Gasteiger partial charge in [0.2, 0.25) is 5.91 Å². The smallest absolute Gasteiger partial charge is 0.228 e. The number of nitrogens with zero attached hydrogens (tertiary/aromatic N) is 1. The van der Waals surface area contributed by atoms with E-state index in [1.165, 1.54) is 0 Å². The number of benzene rings is 2. The molecule has 0 aromatic heterocycles. The minimum Gasteiger partial charge on any atom is -0.497 e. The van der Waals surface area contributed by atoms with Crippen LogP contribution in [0.5, 0.6) is 11.5 Å². The van der Waals surface area contributed by atoms with Crippen molar-refractivity contribution in [3.8, 4) is 11.5 Å². The third-order valence-electron chi connectivity index (χ3n) is 4.12. The largest absolute Gasteiger partial charge is 0.497 e. The predicted molar refractivity (Wildman–Crippen MR) is 96.6 cm³/mol. The van der Waals surface area contributed by atoms with E-state index in [1.54, 1.807) is 26.0 Å². The van der Waals surface area contributed by atoms with Crippen LogP contribution in [-0.2, 0) is 11.2 Å². The SMILES string of the molecule is COc1ccc(C2SCCN2C(=O)Cc2ccccc2)c(OC)c1. The minimum absolute atomic E-state index is 0.0120. The normalized spacial score (nSPS) is 16.9. The maximum absolute atomic E-state index is 12.8. The highest BCUT2D eigenvalue weighted by Gasteiger charge is 2.32. The quantitative estimate of drug-likeness (QED) is 0.833. The molecule has 24 heavy (non-hydrogen) atoms. The lowest BCUT2D eigenvalue weighted by Crippen LogP contribution is -2.31. The number of carbonyl (C=O) groups excluding carboxylic acids is 1. The lowest BCUT2D eigenvalue weighted by molar-refractivity contribution is -0.130. The van der Waals surface area contributed by atoms with E-state index in [1.807, 2.05) is 53.4 Å². The third-order valence-corrected chi connectivity index (χ3v) is 5.36. The molecule has 1 atom stereocenters. The highest BCUT2D eigenvalue weighted by Crippen LogP contribution is 2.43. The molecule has 0 saturated carbocycles. The first-order chi connectivity index (χ1) is 11.7. The van der Waals surface area contributed by atoms with Gasteiger partial charge in [-0.05, 0) is 17.7 Å². The molecule has 126 valence electrons. The van der Waals surface area contributed by atoms with Crippen LogP contribution in [-0.4, -0.2) is 37.3 Å². The molecule has 1 saturated heterocycles. The summed E-state index contributed by atoms with van der Waals surface area (Å²) in [7, 11) is 3.28. The van der Waals surface area contributed by atoms with E-state index >= 15 is 0 Å². The van der Waals surface area contributed by atoms with Crippen LogP contribution in [0.2, 0.25) is 0 Å². The second-order valence-electron chi connectivity index (χ2n) is 5.58. The fourth-order valence-corrected chi connectivity index (χ4v) is 4.18. The fourth-order valence-electron chi connectivity index (χ4n) is 2.88. The zero-order valence-electron chi connectivity index (χ0n) is 13.9. The predicted octanol–water partition coefficient (Wildman–Crippen LogP) is 3.52. The van der Waals surface area contributed by atoms with Crippen molar-refractivity contribution in [2.75, 3.05) is 26.5 Å². The molecule has 5 heteroatoms. The second-order valence-corrected chi connectivity index (χ2v) is 6.77. The van der Waals surface area contributed by atoms with Crippen LogP contribution in [0.25, 0.3) is 0 Å². The minimum atomic E-state index is -0.0120. The van der Waals surface area contributed by atoms with Crippen LogP contribution in [0.1, 0.15) is 16.5 Å². The van der Waals surface area contributed by atoms with Crippen molar-refractivity contribution in [3.63, 3.8) is 0 Å². The van der Waals surface area contributed by atoms with E-state index in [9.17, 15) is 4.79 Å². The van der Waals surface area contributed by atoms with E-state index in [-0.39, 0.29) is 11.3 Å². The number of hydrogen-bond acceptors (Lipinski definition) is 4. The number of carbonyl (C=O) groups is 1. The summed E-state index contributed by atoms with van der Waals surface area (Å²) in [6, 6.07) is 15.6. The van der Waals surface area contributed by atoms with Crippen molar-refractivity contribution >= 4 is 17.7 Å². The summed E-state index contributed by atoms with van der Waals surface area (Å²) in [5.74, 6) is 2.58. The Hall–Kier alpha value is -2.14. The maximum Gasteiger partial charge on any atom is 0.228 e. The van der Waals surface area contributed by atoms with Gasteiger partial charge in [-0.15, -0.1) is 11.8 Å². The molecule has 1 heterocycles. The molecule has 1 fully saturated rings. The van der Waals surface area contributed by atoms with Gasteiger partial charge in [-0.25, -0.2) is 0 Å². The highest BCUT2D eigenvalue weighted by atomic mass is 32.2. The van der Waals surface area contributed by atoms with Gasteiger partial charge >= 0.3 is 0 Å². The van der Waals surface area contributed by atoms with Gasteiger partial charge in [-0.2, -0.15) is 0 Å². The van der Waals surface area contributed by atoms with E-state index < -0.39 is 0 Å². The molecule has 0 N–H and O–H groups in total. The monoisotopic (exact) mass is 343 g/mol. The lowest BCUT2D eigenvalue weighted by atomic mass is 10.1. The van der Waals surface area contributed by atoms with Gasteiger partial charge in [0.15, 0.2) is 0 Å². The summed E-state index contributed by atoms with van der Waals surface area (Å²) in [5, 5.41) is -0.0120. The van der Waals surface area contributed by atoms with E-state index in [0.29, 0.717) is 6.42 Å². The van der Waals surface area contributed by atoms with Crippen molar-refractivity contribution in [1.82, 2.24) is 4.90 Å². The van der Waals surface area contributed by atoms with Crippen molar-refractivity contribution < 1.29 is 14.3 Å². The molecule has 4 nitrogen and oxygen atoms in total. The molecule has 1 aliphatic rings. The van der Waals surface area contributed by atoms with Crippen LogP contribution in [0.3, 0.4) is 0 Å². The molecule has 1 amide bonds. The van der Waals surface area contributed by atoms with Crippen molar-refractivity contribution in [2.24, 2.45) is 0 Å². The van der Waals surface area contributed by atoms with Gasteiger partial charge in [-0.1, -0.05) is 30.3 Å². The average Bonchev–Trinajstić information content (AvgIpc) is 3.11. The molecule has 2 aromatic rings. The molecule has 0 radical (unpaired) electrons. The Bertz CT molecular complexity index is 705. The van der Waals surface area contributed by atoms with Crippen LogP contribution < -0.4 is 9.47 Å². The van der Waals surface area contributed by atoms with Gasteiger partial charge < -0.3 is 14.4 Å². The summed E-state index contributed by atoms with van der Waals surface area (Å²) in [6.07, 6.45) is 0.427. The Labute approximate surface area is 146 Å². The van der Waals surface area contributed by atoms with Crippen LogP contribution in [0.4, 0.5) is 0 Å². The van der Waals surface area contributed by atoms with Gasteiger partial charge in [-0.3, -0.25) is 4.79 Å². The number of hydrogen-bond donors (Lipinski definition) is 0. The number of rotatable bonds is 5. The summed E-state index contributed by atoms with van der Waals surface area (Å²) < 4.78 is 10.8. The van der Waals surface area contributed by atoms with Gasteiger partial charge in [0.25, 0.3) is 0 Å². The Morgan fingerprint density at radius 1 is 1.17 bits per heavy atom.